The van der Waals surface area contributed by atoms with E-state index in [1.54, 1.807) is 24.4 Å². The van der Waals surface area contributed by atoms with Crippen LogP contribution in [0.15, 0.2) is 41.9 Å². The number of pyridine rings is 1. The summed E-state index contributed by atoms with van der Waals surface area (Å²) in [5.41, 5.74) is 1.09. The van der Waals surface area contributed by atoms with E-state index in [1.807, 2.05) is 6.92 Å². The van der Waals surface area contributed by atoms with E-state index in [2.05, 4.69) is 25.0 Å². The molecule has 0 fully saturated rings. The van der Waals surface area contributed by atoms with Crippen molar-refractivity contribution in [3.05, 3.63) is 42.6 Å². The molecule has 2 aromatic rings. The van der Waals surface area contributed by atoms with Crippen LogP contribution < -0.4 is 10.0 Å². The molecule has 7 nitrogen and oxygen atoms in total. The second kappa shape index (κ2) is 7.09. The minimum atomic E-state index is -3.70. The summed E-state index contributed by atoms with van der Waals surface area (Å²) in [6.07, 6.45) is 5.28. The highest BCUT2D eigenvalue weighted by Gasteiger charge is 2.19. The van der Waals surface area contributed by atoms with Gasteiger partial charge in [-0.15, -0.1) is 0 Å². The van der Waals surface area contributed by atoms with Crippen LogP contribution in [0.1, 0.15) is 19.0 Å². The lowest BCUT2D eigenvalue weighted by molar-refractivity contribution is 0.577. The third kappa shape index (κ3) is 4.20. The van der Waals surface area contributed by atoms with Crippen molar-refractivity contribution in [3.8, 4) is 0 Å². The van der Waals surface area contributed by atoms with E-state index < -0.39 is 10.0 Å². The van der Waals surface area contributed by atoms with E-state index in [0.29, 0.717) is 17.9 Å². The molecular weight excluding hydrogens is 290 g/mol. The maximum Gasteiger partial charge on any atom is 0.260 e. The molecule has 0 saturated carbocycles. The van der Waals surface area contributed by atoms with Crippen molar-refractivity contribution < 1.29 is 8.42 Å². The first-order chi connectivity index (χ1) is 10.1. The summed E-state index contributed by atoms with van der Waals surface area (Å²) in [5, 5.41) is 3.05. The van der Waals surface area contributed by atoms with Crippen LogP contribution >= 0.6 is 0 Å². The quantitative estimate of drug-likeness (QED) is 0.797. The number of rotatable bonds is 7. The molecule has 0 saturated heterocycles. The van der Waals surface area contributed by atoms with Crippen molar-refractivity contribution in [2.45, 2.75) is 24.9 Å². The standard InChI is InChI=1S/C13H17N5O2S/c1-2-6-15-12-4-3-7-16-13(12)21(19,20)18-9-11-5-8-14-10-17-11/h3-5,7-8,10,15,18H,2,6,9H2,1H3. The van der Waals surface area contributed by atoms with Gasteiger partial charge in [-0.3, -0.25) is 0 Å². The first-order valence-electron chi connectivity index (χ1n) is 6.57. The van der Waals surface area contributed by atoms with Gasteiger partial charge < -0.3 is 5.32 Å². The molecule has 0 bridgehead atoms. The van der Waals surface area contributed by atoms with Crippen LogP contribution in [-0.4, -0.2) is 29.9 Å². The second-order valence-electron chi connectivity index (χ2n) is 4.31. The van der Waals surface area contributed by atoms with Crippen LogP contribution in [0, 0.1) is 0 Å². The van der Waals surface area contributed by atoms with Crippen molar-refractivity contribution >= 4 is 15.7 Å². The molecule has 0 aliphatic heterocycles. The van der Waals surface area contributed by atoms with Gasteiger partial charge in [0.15, 0.2) is 5.03 Å². The number of aromatic nitrogens is 3. The van der Waals surface area contributed by atoms with Gasteiger partial charge in [-0.05, 0) is 24.6 Å². The molecule has 2 rings (SSSR count). The van der Waals surface area contributed by atoms with Crippen molar-refractivity contribution in [1.29, 1.82) is 0 Å². The first kappa shape index (κ1) is 15.3. The average Bonchev–Trinajstić information content (AvgIpc) is 2.52. The Morgan fingerprint density at radius 1 is 1.19 bits per heavy atom. The lowest BCUT2D eigenvalue weighted by Gasteiger charge is -2.11. The Balaban J connectivity index is 2.15. The number of hydrogen-bond acceptors (Lipinski definition) is 6. The van der Waals surface area contributed by atoms with E-state index in [-0.39, 0.29) is 11.6 Å². The van der Waals surface area contributed by atoms with Gasteiger partial charge in [-0.25, -0.2) is 28.1 Å². The smallest absolute Gasteiger partial charge is 0.260 e. The van der Waals surface area contributed by atoms with Gasteiger partial charge in [-0.1, -0.05) is 6.92 Å². The molecule has 0 amide bonds. The van der Waals surface area contributed by atoms with Gasteiger partial charge in [0, 0.05) is 18.9 Å². The predicted molar refractivity (Wildman–Crippen MR) is 79.1 cm³/mol. The highest BCUT2D eigenvalue weighted by molar-refractivity contribution is 7.89. The maximum atomic E-state index is 12.3. The molecule has 0 atom stereocenters. The van der Waals surface area contributed by atoms with E-state index in [4.69, 9.17) is 0 Å². The van der Waals surface area contributed by atoms with E-state index in [0.717, 1.165) is 6.42 Å². The first-order valence-corrected chi connectivity index (χ1v) is 8.05. The molecule has 0 aliphatic carbocycles. The summed E-state index contributed by atoms with van der Waals surface area (Å²) in [6, 6.07) is 5.04. The maximum absolute atomic E-state index is 12.3. The third-order valence-electron chi connectivity index (χ3n) is 2.68. The second-order valence-corrected chi connectivity index (χ2v) is 5.99. The van der Waals surface area contributed by atoms with Crippen molar-refractivity contribution in [2.75, 3.05) is 11.9 Å². The van der Waals surface area contributed by atoms with E-state index in [9.17, 15) is 8.42 Å². The lowest BCUT2D eigenvalue weighted by Crippen LogP contribution is -2.25. The number of nitrogens with zero attached hydrogens (tertiary/aromatic N) is 3. The van der Waals surface area contributed by atoms with Crippen LogP contribution in [0.2, 0.25) is 0 Å². The molecule has 0 spiro atoms. The highest BCUT2D eigenvalue weighted by atomic mass is 32.2. The molecule has 2 aromatic heterocycles. The minimum Gasteiger partial charge on any atom is -0.383 e. The highest BCUT2D eigenvalue weighted by Crippen LogP contribution is 2.17. The third-order valence-corrected chi connectivity index (χ3v) is 4.04. The summed E-state index contributed by atoms with van der Waals surface area (Å²) in [7, 11) is -3.70. The Morgan fingerprint density at radius 3 is 2.76 bits per heavy atom. The summed E-state index contributed by atoms with van der Waals surface area (Å²) in [5.74, 6) is 0. The molecule has 0 radical (unpaired) electrons. The van der Waals surface area contributed by atoms with E-state index in [1.165, 1.54) is 12.5 Å². The van der Waals surface area contributed by atoms with Gasteiger partial charge >= 0.3 is 0 Å². The monoisotopic (exact) mass is 307 g/mol. The molecule has 0 aliphatic rings. The number of hydrogen-bond donors (Lipinski definition) is 2. The molecule has 2 N–H and O–H groups in total. The molecule has 8 heteroatoms. The van der Waals surface area contributed by atoms with Gasteiger partial charge in [0.25, 0.3) is 10.0 Å². The Bertz CT molecular complexity index is 676. The lowest BCUT2D eigenvalue weighted by atomic mass is 10.4. The zero-order chi connectivity index (χ0) is 15.1. The van der Waals surface area contributed by atoms with Crippen LogP contribution in [0.5, 0.6) is 0 Å². The van der Waals surface area contributed by atoms with Gasteiger partial charge in [0.2, 0.25) is 0 Å². The minimum absolute atomic E-state index is 0.00694. The summed E-state index contributed by atoms with van der Waals surface area (Å²) in [6.45, 7) is 2.78. The SMILES string of the molecule is CCCNc1cccnc1S(=O)(=O)NCc1ccncn1. The summed E-state index contributed by atoms with van der Waals surface area (Å²) < 4.78 is 27.2. The Labute approximate surface area is 123 Å². The van der Waals surface area contributed by atoms with Gasteiger partial charge in [0.1, 0.15) is 6.33 Å². The fraction of sp³-hybridized carbons (Fsp3) is 0.308. The fourth-order valence-corrected chi connectivity index (χ4v) is 2.76. The topological polar surface area (TPSA) is 96.9 Å². The fourth-order valence-electron chi connectivity index (χ4n) is 1.66. The molecule has 112 valence electrons. The summed E-state index contributed by atoms with van der Waals surface area (Å²) in [4.78, 5) is 11.7. The molecule has 21 heavy (non-hydrogen) atoms. The van der Waals surface area contributed by atoms with Crippen molar-refractivity contribution in [2.24, 2.45) is 0 Å². The molecular formula is C13H17N5O2S. The van der Waals surface area contributed by atoms with E-state index >= 15 is 0 Å². The van der Waals surface area contributed by atoms with Gasteiger partial charge in [0.05, 0.1) is 17.9 Å². The molecule has 2 heterocycles. The predicted octanol–water partition coefficient (Wildman–Crippen LogP) is 1.17. The largest absolute Gasteiger partial charge is 0.383 e. The van der Waals surface area contributed by atoms with Crippen molar-refractivity contribution in [3.63, 3.8) is 0 Å². The van der Waals surface area contributed by atoms with Crippen LogP contribution in [0.3, 0.4) is 0 Å². The summed E-state index contributed by atoms with van der Waals surface area (Å²) >= 11 is 0. The average molecular weight is 307 g/mol. The zero-order valence-electron chi connectivity index (χ0n) is 11.7. The van der Waals surface area contributed by atoms with Crippen molar-refractivity contribution in [1.82, 2.24) is 19.7 Å². The zero-order valence-corrected chi connectivity index (χ0v) is 12.5. The molecule has 0 unspecified atom stereocenters. The Hall–Kier alpha value is -2.06. The number of sulfonamides is 1. The molecule has 0 aromatic carbocycles. The van der Waals surface area contributed by atoms with Crippen LogP contribution in [-0.2, 0) is 16.6 Å². The Kier molecular flexibility index (Phi) is 5.18. The van der Waals surface area contributed by atoms with Crippen LogP contribution in [0.25, 0.3) is 0 Å². The number of anilines is 1. The Morgan fingerprint density at radius 2 is 2.05 bits per heavy atom. The normalized spacial score (nSPS) is 11.3. The number of nitrogens with one attached hydrogen (secondary N) is 2. The van der Waals surface area contributed by atoms with Gasteiger partial charge in [-0.2, -0.15) is 0 Å². The van der Waals surface area contributed by atoms with Crippen LogP contribution in [0.4, 0.5) is 5.69 Å².